The maximum absolute atomic E-state index is 11.5. The zero-order valence-corrected chi connectivity index (χ0v) is 20.3. The van der Waals surface area contributed by atoms with Crippen LogP contribution in [0.25, 0.3) is 0 Å². The predicted octanol–water partition coefficient (Wildman–Crippen LogP) is 5.04. The van der Waals surface area contributed by atoms with E-state index < -0.39 is 14.6 Å². The summed E-state index contributed by atoms with van der Waals surface area (Å²) in [6.07, 6.45) is 3.51. The number of rotatable bonds is 14. The van der Waals surface area contributed by atoms with Crippen molar-refractivity contribution in [2.45, 2.75) is 47.8 Å². The molecule has 0 unspecified atom stereocenters. The quantitative estimate of drug-likeness (QED) is 0.284. The summed E-state index contributed by atoms with van der Waals surface area (Å²) in [6, 6.07) is 5.74. The Hall–Kier alpha value is -2.25. The largest absolute Gasteiger partial charge is 0.489 e. The second kappa shape index (κ2) is 14.0. The molecule has 0 radical (unpaired) electrons. The Balaban J connectivity index is 1.94. The molecule has 0 amide bonds. The first-order valence-corrected chi connectivity index (χ1v) is 11.7. The van der Waals surface area contributed by atoms with Crippen LogP contribution in [-0.4, -0.2) is 37.4 Å². The normalized spacial score (nSPS) is 10.9. The average molecular weight is 465 g/mol. The molecule has 176 valence electrons. The van der Waals surface area contributed by atoms with Crippen molar-refractivity contribution in [3.8, 4) is 11.5 Å². The van der Waals surface area contributed by atoms with E-state index in [2.05, 4.69) is 4.98 Å². The van der Waals surface area contributed by atoms with Crippen molar-refractivity contribution in [2.24, 2.45) is 0 Å². The summed E-state index contributed by atoms with van der Waals surface area (Å²) in [5.41, 5.74) is 3.59. The van der Waals surface area contributed by atoms with Crippen molar-refractivity contribution >= 4 is 14.6 Å². The Labute approximate surface area is 191 Å². The number of aryl methyl sites for hydroxylation is 2. The van der Waals surface area contributed by atoms with Crippen molar-refractivity contribution < 1.29 is 32.6 Å². The van der Waals surface area contributed by atoms with Gasteiger partial charge < -0.3 is 27.8 Å². The van der Waals surface area contributed by atoms with E-state index in [-0.39, 0.29) is 6.61 Å². The molecule has 2 rings (SSSR count). The third kappa shape index (κ3) is 8.71. The lowest BCUT2D eigenvalue weighted by Crippen LogP contribution is -2.15. The first-order valence-electron chi connectivity index (χ1n) is 10.6. The molecule has 2 aromatic rings. The molecule has 9 heteroatoms. The molecule has 0 bridgehead atoms. The third-order valence-electron chi connectivity index (χ3n) is 4.14. The molecule has 0 fully saturated rings. The fourth-order valence-electron chi connectivity index (χ4n) is 2.87. The highest BCUT2D eigenvalue weighted by atomic mass is 31.2. The molecule has 0 aliphatic rings. The molecule has 1 aromatic carbocycles. The minimum atomic E-state index is -1.36. The summed E-state index contributed by atoms with van der Waals surface area (Å²) < 4.78 is 33.1. The van der Waals surface area contributed by atoms with Gasteiger partial charge in [0.1, 0.15) is 18.1 Å². The molecule has 0 saturated carbocycles. The highest BCUT2D eigenvalue weighted by Crippen LogP contribution is 2.40. The summed E-state index contributed by atoms with van der Waals surface area (Å²) >= 11 is 0. The molecule has 8 nitrogen and oxygen atoms in total. The minimum absolute atomic E-state index is 0.120. The zero-order valence-electron chi connectivity index (χ0n) is 19.4. The topological polar surface area (TPSA) is 85.3 Å². The van der Waals surface area contributed by atoms with Crippen LogP contribution < -0.4 is 9.47 Å². The van der Waals surface area contributed by atoms with Gasteiger partial charge in [0, 0.05) is 18.0 Å². The summed E-state index contributed by atoms with van der Waals surface area (Å²) in [6.45, 7) is 11.4. The number of esters is 1. The number of hydrogen-bond donors (Lipinski definition) is 0. The number of hydrogen-bond acceptors (Lipinski definition) is 8. The molecule has 1 aromatic heterocycles. The first kappa shape index (κ1) is 26.0. The van der Waals surface area contributed by atoms with Gasteiger partial charge in [0.15, 0.2) is 6.61 Å². The van der Waals surface area contributed by atoms with E-state index in [1.54, 1.807) is 19.3 Å². The Morgan fingerprint density at radius 1 is 0.844 bits per heavy atom. The zero-order chi connectivity index (χ0) is 23.3. The molecule has 1 heterocycles. The number of pyridine rings is 1. The van der Waals surface area contributed by atoms with E-state index in [9.17, 15) is 4.79 Å². The molecule has 0 saturated heterocycles. The second-order valence-electron chi connectivity index (χ2n) is 6.80. The van der Waals surface area contributed by atoms with Gasteiger partial charge in [-0.1, -0.05) is 0 Å². The lowest BCUT2D eigenvalue weighted by atomic mass is 10.1. The van der Waals surface area contributed by atoms with Crippen molar-refractivity contribution in [3.63, 3.8) is 0 Å². The second-order valence-corrected chi connectivity index (χ2v) is 8.02. The van der Waals surface area contributed by atoms with Crippen LogP contribution in [0.15, 0.2) is 30.6 Å². The maximum atomic E-state index is 11.5. The van der Waals surface area contributed by atoms with E-state index in [0.717, 1.165) is 22.3 Å². The Morgan fingerprint density at radius 2 is 1.47 bits per heavy atom. The van der Waals surface area contributed by atoms with Crippen molar-refractivity contribution in [2.75, 3.05) is 26.4 Å². The first-order chi connectivity index (χ1) is 15.5. The van der Waals surface area contributed by atoms with Gasteiger partial charge in [-0.3, -0.25) is 4.98 Å². The van der Waals surface area contributed by atoms with Crippen LogP contribution in [0.5, 0.6) is 11.5 Å². The predicted molar refractivity (Wildman–Crippen MR) is 122 cm³/mol. The smallest absolute Gasteiger partial charge is 0.344 e. The monoisotopic (exact) mass is 465 g/mol. The highest BCUT2D eigenvalue weighted by molar-refractivity contribution is 7.41. The lowest BCUT2D eigenvalue weighted by Gasteiger charge is -2.15. The van der Waals surface area contributed by atoms with Gasteiger partial charge in [-0.25, -0.2) is 4.79 Å². The molecular weight excluding hydrogens is 433 g/mol. The van der Waals surface area contributed by atoms with Gasteiger partial charge in [0.2, 0.25) is 0 Å². The summed E-state index contributed by atoms with van der Waals surface area (Å²) in [5, 5.41) is 0. The van der Waals surface area contributed by atoms with Gasteiger partial charge in [0.25, 0.3) is 0 Å². The minimum Gasteiger partial charge on any atom is -0.489 e. The van der Waals surface area contributed by atoms with Crippen molar-refractivity contribution in [3.05, 3.63) is 52.8 Å². The Morgan fingerprint density at radius 3 is 2.06 bits per heavy atom. The van der Waals surface area contributed by atoms with Crippen LogP contribution in [0.2, 0.25) is 0 Å². The van der Waals surface area contributed by atoms with E-state index >= 15 is 0 Å². The number of aromatic nitrogens is 1. The number of nitrogens with zero attached hydrogens (tertiary/aromatic N) is 1. The van der Waals surface area contributed by atoms with Crippen LogP contribution in [0, 0.1) is 13.8 Å². The van der Waals surface area contributed by atoms with Crippen LogP contribution in [0.4, 0.5) is 0 Å². The van der Waals surface area contributed by atoms with Crippen LogP contribution in [0.3, 0.4) is 0 Å². The molecule has 0 atom stereocenters. The lowest BCUT2D eigenvalue weighted by molar-refractivity contribution is -0.145. The third-order valence-corrected chi connectivity index (χ3v) is 5.41. The van der Waals surface area contributed by atoms with E-state index in [4.69, 9.17) is 27.8 Å². The Kier molecular flexibility index (Phi) is 11.4. The van der Waals surface area contributed by atoms with Gasteiger partial charge in [-0.05, 0) is 69.5 Å². The van der Waals surface area contributed by atoms with Gasteiger partial charge in [0.05, 0.1) is 26.4 Å². The molecule has 0 aliphatic carbocycles. The van der Waals surface area contributed by atoms with Gasteiger partial charge in [-0.15, -0.1) is 0 Å². The van der Waals surface area contributed by atoms with Crippen molar-refractivity contribution in [1.82, 2.24) is 4.98 Å². The molecule has 0 aliphatic heterocycles. The number of carbonyl (C=O) groups is 1. The molecule has 32 heavy (non-hydrogen) atoms. The average Bonchev–Trinajstić information content (AvgIpc) is 2.76. The van der Waals surface area contributed by atoms with Crippen LogP contribution in [-0.2, 0) is 36.3 Å². The highest BCUT2D eigenvalue weighted by Gasteiger charge is 2.12. The van der Waals surface area contributed by atoms with E-state index in [1.807, 2.05) is 45.9 Å². The van der Waals surface area contributed by atoms with Crippen LogP contribution in [0.1, 0.15) is 43.0 Å². The SMILES string of the molecule is CCOC(=O)COc1c(C)cc(OCc2cncc(COP(OCC)OCC)c2)cc1C. The van der Waals surface area contributed by atoms with E-state index in [1.165, 1.54) is 0 Å². The molecular formula is C23H32NO7P. The fraction of sp³-hybridized carbons (Fsp3) is 0.478. The van der Waals surface area contributed by atoms with Gasteiger partial charge in [-0.2, -0.15) is 0 Å². The number of benzene rings is 1. The summed E-state index contributed by atoms with van der Waals surface area (Å²) in [5.74, 6) is 0.978. The summed E-state index contributed by atoms with van der Waals surface area (Å²) in [4.78, 5) is 15.8. The maximum Gasteiger partial charge on any atom is 0.344 e. The number of carbonyl (C=O) groups excluding carboxylic acids is 1. The summed E-state index contributed by atoms with van der Waals surface area (Å²) in [7, 11) is -1.36. The Bertz CT molecular complexity index is 833. The fourth-order valence-corrected chi connectivity index (χ4v) is 3.77. The van der Waals surface area contributed by atoms with Crippen LogP contribution >= 0.6 is 8.60 Å². The van der Waals surface area contributed by atoms with Crippen molar-refractivity contribution in [1.29, 1.82) is 0 Å². The standard InChI is InChI=1S/C23H32NO7P/c1-6-26-22(25)16-28-23-17(4)9-21(10-18(23)5)27-14-19-11-20(13-24-12-19)15-31-32(29-7-2)30-8-3/h9-13H,6-8,14-16H2,1-5H3. The molecule has 0 N–H and O–H groups in total. The van der Waals surface area contributed by atoms with E-state index in [0.29, 0.717) is 44.5 Å². The molecule has 0 spiro atoms. The number of ether oxygens (including phenoxy) is 3. The van der Waals surface area contributed by atoms with Gasteiger partial charge >= 0.3 is 14.6 Å².